The second-order valence-electron chi connectivity index (χ2n) is 4.18. The number of primary amides is 1. The Morgan fingerprint density at radius 2 is 1.65 bits per heavy atom. The summed E-state index contributed by atoms with van der Waals surface area (Å²) in [4.78, 5) is 11.6. The van der Waals surface area contributed by atoms with Crippen LogP contribution in [0.15, 0.2) is 53.4 Å². The van der Waals surface area contributed by atoms with Crippen LogP contribution in [-0.2, 0) is 10.0 Å². The Balaban J connectivity index is 2.54. The number of carbonyl (C=O) groups is 1. The number of sulfonamides is 1. The Morgan fingerprint density at radius 3 is 2.15 bits per heavy atom. The van der Waals surface area contributed by atoms with Gasteiger partial charge in [0.25, 0.3) is 10.0 Å². The number of urea groups is 1. The van der Waals surface area contributed by atoms with Crippen LogP contribution in [0, 0.1) is 13.0 Å². The van der Waals surface area contributed by atoms with E-state index in [4.69, 9.17) is 5.73 Å². The van der Waals surface area contributed by atoms with Gasteiger partial charge in [0.2, 0.25) is 0 Å². The Bertz CT molecular complexity index is 710. The normalized spacial score (nSPS) is 11.1. The van der Waals surface area contributed by atoms with E-state index in [2.05, 4.69) is 6.07 Å². The third kappa shape index (κ3) is 2.65. The molecule has 0 heterocycles. The van der Waals surface area contributed by atoms with E-state index in [0.29, 0.717) is 4.31 Å². The molecule has 1 radical (unpaired) electrons. The van der Waals surface area contributed by atoms with Crippen molar-refractivity contribution in [1.29, 1.82) is 0 Å². The van der Waals surface area contributed by atoms with Gasteiger partial charge in [-0.2, -0.15) is 4.31 Å². The van der Waals surface area contributed by atoms with Crippen molar-refractivity contribution >= 4 is 21.7 Å². The van der Waals surface area contributed by atoms with Gasteiger partial charge in [0.05, 0.1) is 10.6 Å². The summed E-state index contributed by atoms with van der Waals surface area (Å²) >= 11 is 0. The number of rotatable bonds is 3. The first-order valence-electron chi connectivity index (χ1n) is 5.80. The van der Waals surface area contributed by atoms with Crippen molar-refractivity contribution in [1.82, 2.24) is 0 Å². The number of nitrogens with zero attached hydrogens (tertiary/aromatic N) is 1. The first-order valence-corrected chi connectivity index (χ1v) is 7.24. The average Bonchev–Trinajstić information content (AvgIpc) is 2.39. The maximum Gasteiger partial charge on any atom is 0.333 e. The molecule has 0 atom stereocenters. The van der Waals surface area contributed by atoms with Crippen LogP contribution in [0.2, 0.25) is 0 Å². The highest BCUT2D eigenvalue weighted by Gasteiger charge is 2.29. The molecule has 6 heteroatoms. The first kappa shape index (κ1) is 14.1. The monoisotopic (exact) mass is 289 g/mol. The summed E-state index contributed by atoms with van der Waals surface area (Å²) in [6.45, 7) is 1.84. The Kier molecular flexibility index (Phi) is 3.76. The first-order chi connectivity index (χ1) is 9.43. The largest absolute Gasteiger partial charge is 0.350 e. The molecule has 0 fully saturated rings. The third-order valence-electron chi connectivity index (χ3n) is 2.69. The van der Waals surface area contributed by atoms with Crippen molar-refractivity contribution < 1.29 is 13.2 Å². The fourth-order valence-corrected chi connectivity index (χ4v) is 3.04. The number of hydrogen-bond acceptors (Lipinski definition) is 3. The lowest BCUT2D eigenvalue weighted by Gasteiger charge is -2.20. The van der Waals surface area contributed by atoms with Crippen molar-refractivity contribution in [3.63, 3.8) is 0 Å². The molecule has 0 aliphatic rings. The van der Waals surface area contributed by atoms with Crippen molar-refractivity contribution in [3.8, 4) is 0 Å². The van der Waals surface area contributed by atoms with E-state index in [-0.39, 0.29) is 10.6 Å². The summed E-state index contributed by atoms with van der Waals surface area (Å²) < 4.78 is 25.6. The van der Waals surface area contributed by atoms with E-state index >= 15 is 0 Å². The Labute approximate surface area is 117 Å². The molecule has 0 bridgehead atoms. The molecule has 20 heavy (non-hydrogen) atoms. The standard InChI is InChI=1S/C14H13N2O3S/c1-11-7-9-13(10-8-11)20(18,19)16(14(15)17)12-5-3-2-4-6-12/h3-10H,1H3,(H2,15,17). The van der Waals surface area contributed by atoms with E-state index in [9.17, 15) is 13.2 Å². The molecule has 2 amide bonds. The highest BCUT2D eigenvalue weighted by molar-refractivity contribution is 7.93. The second-order valence-corrected chi connectivity index (χ2v) is 5.97. The zero-order valence-electron chi connectivity index (χ0n) is 10.8. The summed E-state index contributed by atoms with van der Waals surface area (Å²) in [5, 5.41) is 0. The Hall–Kier alpha value is -2.34. The zero-order chi connectivity index (χ0) is 14.8. The van der Waals surface area contributed by atoms with Crippen LogP contribution >= 0.6 is 0 Å². The predicted octanol–water partition coefficient (Wildman–Crippen LogP) is 2.07. The van der Waals surface area contributed by atoms with Crippen LogP contribution in [0.1, 0.15) is 5.56 Å². The maximum atomic E-state index is 12.5. The van der Waals surface area contributed by atoms with Crippen molar-refractivity contribution in [2.75, 3.05) is 4.31 Å². The number of amides is 2. The minimum atomic E-state index is -4.03. The maximum absolute atomic E-state index is 12.5. The van der Waals surface area contributed by atoms with E-state index in [1.165, 1.54) is 36.4 Å². The number of nitrogens with two attached hydrogens (primary N) is 1. The lowest BCUT2D eigenvalue weighted by Crippen LogP contribution is -2.40. The lowest BCUT2D eigenvalue weighted by molar-refractivity contribution is 0.257. The summed E-state index contributed by atoms with van der Waals surface area (Å²) in [5.41, 5.74) is 6.32. The number of anilines is 1. The fraction of sp³-hybridized carbons (Fsp3) is 0.0714. The molecule has 0 saturated heterocycles. The van der Waals surface area contributed by atoms with Crippen LogP contribution in [0.3, 0.4) is 0 Å². The van der Waals surface area contributed by atoms with E-state index < -0.39 is 16.1 Å². The highest BCUT2D eigenvalue weighted by Crippen LogP contribution is 2.23. The van der Waals surface area contributed by atoms with Crippen LogP contribution < -0.4 is 10.0 Å². The van der Waals surface area contributed by atoms with Crippen molar-refractivity contribution in [2.24, 2.45) is 5.73 Å². The fourth-order valence-electron chi connectivity index (χ4n) is 1.71. The molecule has 0 aromatic heterocycles. The van der Waals surface area contributed by atoms with Crippen molar-refractivity contribution in [2.45, 2.75) is 11.8 Å². The molecule has 103 valence electrons. The third-order valence-corrected chi connectivity index (χ3v) is 4.43. The van der Waals surface area contributed by atoms with Gasteiger partial charge in [0.15, 0.2) is 0 Å². The molecule has 0 aliphatic carbocycles. The smallest absolute Gasteiger partial charge is 0.333 e. The van der Waals surface area contributed by atoms with Gasteiger partial charge >= 0.3 is 6.03 Å². The van der Waals surface area contributed by atoms with Crippen LogP contribution in [-0.4, -0.2) is 14.4 Å². The van der Waals surface area contributed by atoms with Crippen LogP contribution in [0.5, 0.6) is 0 Å². The predicted molar refractivity (Wildman–Crippen MR) is 75.7 cm³/mol. The number of benzene rings is 2. The number of hydrogen-bond donors (Lipinski definition) is 1. The molecule has 5 nitrogen and oxygen atoms in total. The molecule has 2 aromatic carbocycles. The summed E-state index contributed by atoms with van der Waals surface area (Å²) in [5.74, 6) is 0. The van der Waals surface area contributed by atoms with E-state index in [1.54, 1.807) is 12.1 Å². The van der Waals surface area contributed by atoms with Crippen LogP contribution in [0.4, 0.5) is 10.5 Å². The molecule has 2 aromatic rings. The quantitative estimate of drug-likeness (QED) is 0.939. The lowest BCUT2D eigenvalue weighted by atomic mass is 10.2. The van der Waals surface area contributed by atoms with Gasteiger partial charge in [-0.15, -0.1) is 0 Å². The van der Waals surface area contributed by atoms with Crippen molar-refractivity contribution in [3.05, 3.63) is 60.2 Å². The second kappa shape index (κ2) is 5.34. The van der Waals surface area contributed by atoms with Gasteiger partial charge in [-0.3, -0.25) is 0 Å². The van der Waals surface area contributed by atoms with Gasteiger partial charge in [0.1, 0.15) is 0 Å². The summed E-state index contributed by atoms with van der Waals surface area (Å²) in [6.07, 6.45) is 0. The number of carbonyl (C=O) groups excluding carboxylic acids is 1. The SMILES string of the molecule is Cc1ccc(S(=O)(=O)N(C(N)=O)c2cc[c]cc2)cc1. The molecule has 0 saturated carbocycles. The van der Waals surface area contributed by atoms with Gasteiger partial charge in [-0.05, 0) is 37.3 Å². The van der Waals surface area contributed by atoms with Gasteiger partial charge < -0.3 is 5.73 Å². The van der Waals surface area contributed by atoms with E-state index in [1.807, 2.05) is 6.92 Å². The Morgan fingerprint density at radius 1 is 1.10 bits per heavy atom. The summed E-state index contributed by atoms with van der Waals surface area (Å²) in [7, 11) is -4.03. The summed E-state index contributed by atoms with van der Waals surface area (Å²) in [6, 6.07) is 13.8. The topological polar surface area (TPSA) is 80.5 Å². The minimum absolute atomic E-state index is 0.00901. The average molecular weight is 289 g/mol. The number of aryl methyl sites for hydroxylation is 1. The molecule has 0 spiro atoms. The van der Waals surface area contributed by atoms with Gasteiger partial charge in [-0.1, -0.05) is 29.8 Å². The molecular formula is C14H13N2O3S. The minimum Gasteiger partial charge on any atom is -0.350 e. The van der Waals surface area contributed by atoms with Crippen LogP contribution in [0.25, 0.3) is 0 Å². The molecule has 0 aliphatic heterocycles. The van der Waals surface area contributed by atoms with Gasteiger partial charge in [-0.25, -0.2) is 13.2 Å². The molecular weight excluding hydrogens is 276 g/mol. The van der Waals surface area contributed by atoms with E-state index in [0.717, 1.165) is 5.56 Å². The van der Waals surface area contributed by atoms with Gasteiger partial charge in [0, 0.05) is 0 Å². The molecule has 2 rings (SSSR count). The zero-order valence-corrected chi connectivity index (χ0v) is 11.6. The molecule has 0 unspecified atom stereocenters. The highest BCUT2D eigenvalue weighted by atomic mass is 32.2. The molecule has 2 N–H and O–H groups in total.